The van der Waals surface area contributed by atoms with Crippen molar-refractivity contribution in [2.45, 2.75) is 90.4 Å². The van der Waals surface area contributed by atoms with Gasteiger partial charge >= 0.3 is 5.97 Å². The summed E-state index contributed by atoms with van der Waals surface area (Å²) in [5, 5.41) is 0. The highest BCUT2D eigenvalue weighted by molar-refractivity contribution is 5.70. The summed E-state index contributed by atoms with van der Waals surface area (Å²) in [6.45, 7) is 6.34. The average Bonchev–Trinajstić information content (AvgIpc) is 2.69. The minimum absolute atomic E-state index is 0.0782. The second-order valence-electron chi connectivity index (χ2n) is 7.44. The summed E-state index contributed by atoms with van der Waals surface area (Å²) in [6, 6.07) is 10.2. The van der Waals surface area contributed by atoms with Crippen LogP contribution in [0.25, 0.3) is 0 Å². The van der Waals surface area contributed by atoms with Crippen molar-refractivity contribution in [2.24, 2.45) is 0 Å². The lowest BCUT2D eigenvalue weighted by atomic mass is 9.96. The Bertz CT molecular complexity index is 458. The number of rotatable bonds is 17. The highest BCUT2D eigenvalue weighted by Gasteiger charge is 2.17. The third kappa shape index (κ3) is 12.6. The van der Waals surface area contributed by atoms with Crippen LogP contribution in [-0.2, 0) is 14.3 Å². The Morgan fingerprint density at radius 3 is 2.04 bits per heavy atom. The molecule has 3 nitrogen and oxygen atoms in total. The molecule has 3 heteroatoms. The van der Waals surface area contributed by atoms with Gasteiger partial charge < -0.3 is 9.47 Å². The van der Waals surface area contributed by atoms with Crippen molar-refractivity contribution in [1.82, 2.24) is 0 Å². The standard InChI is InChI=1S/C24H40O3/c1-3-5-7-9-14-18-26-21-23(22-16-12-11-13-17-22)20-24(25)27-19-15-10-8-6-4-2/h11-13,16-17,23H,3-10,14-15,18-21H2,1-2H3. The minimum atomic E-state index is -0.106. The van der Waals surface area contributed by atoms with Crippen molar-refractivity contribution in [2.75, 3.05) is 19.8 Å². The lowest BCUT2D eigenvalue weighted by Crippen LogP contribution is -2.16. The van der Waals surface area contributed by atoms with Gasteiger partial charge in [-0.2, -0.15) is 0 Å². The molecule has 0 fully saturated rings. The maximum Gasteiger partial charge on any atom is 0.306 e. The van der Waals surface area contributed by atoms with Crippen LogP contribution in [0.5, 0.6) is 0 Å². The zero-order valence-electron chi connectivity index (χ0n) is 17.6. The molecule has 0 aliphatic rings. The molecule has 1 aromatic rings. The highest BCUT2D eigenvalue weighted by Crippen LogP contribution is 2.21. The Labute approximate surface area is 166 Å². The van der Waals surface area contributed by atoms with E-state index in [9.17, 15) is 4.79 Å². The number of esters is 1. The van der Waals surface area contributed by atoms with Crippen LogP contribution in [0.4, 0.5) is 0 Å². The van der Waals surface area contributed by atoms with E-state index in [1.807, 2.05) is 18.2 Å². The molecule has 0 saturated carbocycles. The number of hydrogen-bond acceptors (Lipinski definition) is 3. The number of ether oxygens (including phenoxy) is 2. The fraction of sp³-hybridized carbons (Fsp3) is 0.708. The molecule has 154 valence electrons. The predicted molar refractivity (Wildman–Crippen MR) is 113 cm³/mol. The van der Waals surface area contributed by atoms with E-state index < -0.39 is 0 Å². The molecule has 0 bridgehead atoms. The first kappa shape index (κ1) is 23.7. The van der Waals surface area contributed by atoms with Gasteiger partial charge in [-0.15, -0.1) is 0 Å². The Morgan fingerprint density at radius 2 is 1.41 bits per heavy atom. The number of carbonyl (C=O) groups is 1. The molecule has 0 aliphatic heterocycles. The number of unbranched alkanes of at least 4 members (excludes halogenated alkanes) is 8. The molecule has 0 spiro atoms. The SMILES string of the molecule is CCCCCCCOCC(CC(=O)OCCCCCCC)c1ccccc1. The van der Waals surface area contributed by atoms with Gasteiger partial charge in [0.25, 0.3) is 0 Å². The Morgan fingerprint density at radius 1 is 0.815 bits per heavy atom. The van der Waals surface area contributed by atoms with Crippen LogP contribution < -0.4 is 0 Å². The van der Waals surface area contributed by atoms with Gasteiger partial charge in [-0.3, -0.25) is 4.79 Å². The third-order valence-corrected chi connectivity index (χ3v) is 4.91. The van der Waals surface area contributed by atoms with Gasteiger partial charge in [0, 0.05) is 12.5 Å². The largest absolute Gasteiger partial charge is 0.466 e. The second kappa shape index (κ2) is 16.8. The maximum atomic E-state index is 12.2. The number of carbonyl (C=O) groups excluding carboxylic acids is 1. The van der Waals surface area contributed by atoms with E-state index in [1.165, 1.54) is 44.9 Å². The Balaban J connectivity index is 2.31. The minimum Gasteiger partial charge on any atom is -0.466 e. The van der Waals surface area contributed by atoms with Crippen LogP contribution in [0, 0.1) is 0 Å². The first-order valence-corrected chi connectivity index (χ1v) is 11.1. The monoisotopic (exact) mass is 376 g/mol. The summed E-state index contributed by atoms with van der Waals surface area (Å²) in [6.07, 6.45) is 12.4. The maximum absolute atomic E-state index is 12.2. The van der Waals surface area contributed by atoms with E-state index in [-0.39, 0.29) is 11.9 Å². The molecule has 1 rings (SSSR count). The molecular formula is C24H40O3. The number of hydrogen-bond donors (Lipinski definition) is 0. The van der Waals surface area contributed by atoms with Crippen molar-refractivity contribution in [3.05, 3.63) is 35.9 Å². The van der Waals surface area contributed by atoms with Crippen molar-refractivity contribution in [3.63, 3.8) is 0 Å². The molecule has 0 aromatic heterocycles. The molecule has 0 radical (unpaired) electrons. The van der Waals surface area contributed by atoms with Gasteiger partial charge in [-0.05, 0) is 18.4 Å². The van der Waals surface area contributed by atoms with Gasteiger partial charge in [0.15, 0.2) is 0 Å². The first-order valence-electron chi connectivity index (χ1n) is 11.1. The quantitative estimate of drug-likeness (QED) is 0.225. The molecule has 0 saturated heterocycles. The normalized spacial score (nSPS) is 12.1. The van der Waals surface area contributed by atoms with Crippen LogP contribution in [0.15, 0.2) is 30.3 Å². The van der Waals surface area contributed by atoms with Gasteiger partial charge in [0.2, 0.25) is 0 Å². The van der Waals surface area contributed by atoms with E-state index in [0.29, 0.717) is 19.6 Å². The topological polar surface area (TPSA) is 35.5 Å². The molecule has 0 amide bonds. The number of benzene rings is 1. The molecule has 1 atom stereocenters. The van der Waals surface area contributed by atoms with Crippen LogP contribution in [0.3, 0.4) is 0 Å². The smallest absolute Gasteiger partial charge is 0.306 e. The summed E-state index contributed by atoms with van der Waals surface area (Å²) in [5.41, 5.74) is 1.16. The Hall–Kier alpha value is -1.35. The summed E-state index contributed by atoms with van der Waals surface area (Å²) in [4.78, 5) is 12.2. The lowest BCUT2D eigenvalue weighted by Gasteiger charge is -2.17. The van der Waals surface area contributed by atoms with Gasteiger partial charge in [-0.25, -0.2) is 0 Å². The molecule has 0 heterocycles. The van der Waals surface area contributed by atoms with E-state index in [4.69, 9.17) is 9.47 Å². The second-order valence-corrected chi connectivity index (χ2v) is 7.44. The average molecular weight is 377 g/mol. The summed E-state index contributed by atoms with van der Waals surface area (Å²) < 4.78 is 11.3. The highest BCUT2D eigenvalue weighted by atomic mass is 16.5. The van der Waals surface area contributed by atoms with Crippen LogP contribution in [-0.4, -0.2) is 25.8 Å². The fourth-order valence-corrected chi connectivity index (χ4v) is 3.18. The molecule has 1 unspecified atom stereocenters. The van der Waals surface area contributed by atoms with Crippen LogP contribution >= 0.6 is 0 Å². The molecule has 0 aliphatic carbocycles. The summed E-state index contributed by atoms with van der Waals surface area (Å²) in [7, 11) is 0. The molecular weight excluding hydrogens is 336 g/mol. The van der Waals surface area contributed by atoms with Crippen molar-refractivity contribution in [1.29, 1.82) is 0 Å². The zero-order valence-corrected chi connectivity index (χ0v) is 17.6. The fourth-order valence-electron chi connectivity index (χ4n) is 3.18. The Kier molecular flexibility index (Phi) is 14.7. The predicted octanol–water partition coefficient (Wildman–Crippen LogP) is 6.66. The van der Waals surface area contributed by atoms with Crippen molar-refractivity contribution in [3.8, 4) is 0 Å². The van der Waals surface area contributed by atoms with Crippen molar-refractivity contribution < 1.29 is 14.3 Å². The van der Waals surface area contributed by atoms with Gasteiger partial charge in [0.05, 0.1) is 19.6 Å². The van der Waals surface area contributed by atoms with Crippen molar-refractivity contribution >= 4 is 5.97 Å². The summed E-state index contributed by atoms with van der Waals surface area (Å²) in [5.74, 6) is -0.0275. The van der Waals surface area contributed by atoms with E-state index in [2.05, 4.69) is 26.0 Å². The molecule has 1 aromatic carbocycles. The summed E-state index contributed by atoms with van der Waals surface area (Å²) >= 11 is 0. The van der Waals surface area contributed by atoms with E-state index in [1.54, 1.807) is 0 Å². The van der Waals surface area contributed by atoms with Gasteiger partial charge in [-0.1, -0.05) is 95.5 Å². The van der Waals surface area contributed by atoms with Crippen LogP contribution in [0.1, 0.15) is 96.0 Å². The van der Waals surface area contributed by atoms with E-state index >= 15 is 0 Å². The van der Waals surface area contributed by atoms with E-state index in [0.717, 1.165) is 31.4 Å². The van der Waals surface area contributed by atoms with Gasteiger partial charge in [0.1, 0.15) is 0 Å². The lowest BCUT2D eigenvalue weighted by molar-refractivity contribution is -0.144. The molecule has 27 heavy (non-hydrogen) atoms. The third-order valence-electron chi connectivity index (χ3n) is 4.91. The van der Waals surface area contributed by atoms with Crippen LogP contribution in [0.2, 0.25) is 0 Å². The first-order chi connectivity index (χ1) is 13.3. The molecule has 0 N–H and O–H groups in total. The zero-order chi connectivity index (χ0) is 19.6.